The van der Waals surface area contributed by atoms with E-state index in [9.17, 15) is 14.0 Å². The van der Waals surface area contributed by atoms with Gasteiger partial charge in [0.25, 0.3) is 0 Å². The Balaban J connectivity index is 2.05. The molecule has 1 saturated carbocycles. The molecule has 0 bridgehead atoms. The van der Waals surface area contributed by atoms with Crippen LogP contribution in [0, 0.1) is 17.7 Å². The van der Waals surface area contributed by atoms with Crippen LogP contribution in [-0.2, 0) is 16.1 Å². The Labute approximate surface area is 136 Å². The number of nitrogens with zero attached hydrogens (tertiary/aromatic N) is 1. The number of rotatable bonds is 8. The number of carboxylic acid groups (broad SMARTS) is 1. The van der Waals surface area contributed by atoms with Crippen LogP contribution in [0.15, 0.2) is 24.3 Å². The molecular weight excluding hydrogens is 297 g/mol. The van der Waals surface area contributed by atoms with Gasteiger partial charge in [-0.3, -0.25) is 9.59 Å². The van der Waals surface area contributed by atoms with E-state index in [4.69, 9.17) is 5.11 Å². The van der Waals surface area contributed by atoms with Crippen molar-refractivity contribution in [2.24, 2.45) is 11.8 Å². The van der Waals surface area contributed by atoms with E-state index in [0.29, 0.717) is 25.9 Å². The van der Waals surface area contributed by atoms with Crippen LogP contribution < -0.4 is 0 Å². The van der Waals surface area contributed by atoms with E-state index in [1.54, 1.807) is 17.0 Å². The highest BCUT2D eigenvalue weighted by Crippen LogP contribution is 2.36. The summed E-state index contributed by atoms with van der Waals surface area (Å²) >= 11 is 0. The quantitative estimate of drug-likeness (QED) is 0.746. The van der Waals surface area contributed by atoms with Gasteiger partial charge in [0.05, 0.1) is 11.8 Å². The molecule has 2 unspecified atom stereocenters. The average Bonchev–Trinajstić information content (AvgIpc) is 2.46. The molecule has 0 saturated heterocycles. The van der Waals surface area contributed by atoms with Gasteiger partial charge in [0.2, 0.25) is 5.91 Å². The lowest BCUT2D eigenvalue weighted by Gasteiger charge is -2.36. The zero-order valence-corrected chi connectivity index (χ0v) is 13.5. The van der Waals surface area contributed by atoms with E-state index < -0.39 is 17.8 Å². The molecule has 23 heavy (non-hydrogen) atoms. The first-order valence-corrected chi connectivity index (χ1v) is 8.29. The predicted octanol–water partition coefficient (Wildman–Crippen LogP) is 3.46. The van der Waals surface area contributed by atoms with Gasteiger partial charge in [0.15, 0.2) is 0 Å². The molecule has 2 rings (SSSR count). The number of benzene rings is 1. The maximum absolute atomic E-state index is 13.0. The highest BCUT2D eigenvalue weighted by molar-refractivity contribution is 5.86. The number of unbranched alkanes of at least 4 members (excludes halogenated alkanes) is 2. The smallest absolute Gasteiger partial charge is 0.307 e. The summed E-state index contributed by atoms with van der Waals surface area (Å²) in [5.74, 6) is -2.23. The molecule has 1 fully saturated rings. The van der Waals surface area contributed by atoms with Gasteiger partial charge in [-0.1, -0.05) is 31.9 Å². The van der Waals surface area contributed by atoms with Crippen LogP contribution in [0.2, 0.25) is 0 Å². The summed E-state index contributed by atoms with van der Waals surface area (Å²) < 4.78 is 13.0. The first-order valence-electron chi connectivity index (χ1n) is 8.29. The van der Waals surface area contributed by atoms with Crippen molar-refractivity contribution in [3.8, 4) is 0 Å². The molecule has 0 heterocycles. The fraction of sp³-hybridized carbons (Fsp3) is 0.556. The van der Waals surface area contributed by atoms with E-state index in [-0.39, 0.29) is 11.7 Å². The highest BCUT2D eigenvalue weighted by Gasteiger charge is 2.43. The Kier molecular flexibility index (Phi) is 6.13. The van der Waals surface area contributed by atoms with Gasteiger partial charge < -0.3 is 10.0 Å². The number of amides is 1. The van der Waals surface area contributed by atoms with Crippen molar-refractivity contribution in [3.05, 3.63) is 35.6 Å². The standard InChI is InChI=1S/C18H24FNO3/c1-2-3-4-11-20(12-13-5-7-14(19)8-6-13)17(21)15-9-10-16(15)18(22)23/h5-8,15-16H,2-4,9-12H2,1H3,(H,22,23). The number of carbonyl (C=O) groups is 2. The number of aliphatic carboxylic acids is 1. The third kappa shape index (κ3) is 4.53. The molecule has 0 spiro atoms. The van der Waals surface area contributed by atoms with Crippen molar-refractivity contribution in [1.29, 1.82) is 0 Å². The number of carboxylic acids is 1. The molecule has 0 aliphatic heterocycles. The molecular formula is C18H24FNO3. The first kappa shape index (κ1) is 17.4. The molecule has 1 amide bonds. The highest BCUT2D eigenvalue weighted by atomic mass is 19.1. The van der Waals surface area contributed by atoms with Crippen LogP contribution in [0.25, 0.3) is 0 Å². The van der Waals surface area contributed by atoms with Crippen molar-refractivity contribution in [2.45, 2.75) is 45.6 Å². The molecule has 126 valence electrons. The Morgan fingerprint density at radius 2 is 1.83 bits per heavy atom. The van der Waals surface area contributed by atoms with Gasteiger partial charge in [-0.05, 0) is 37.0 Å². The van der Waals surface area contributed by atoms with E-state index in [0.717, 1.165) is 24.8 Å². The van der Waals surface area contributed by atoms with Gasteiger partial charge in [-0.2, -0.15) is 0 Å². The lowest BCUT2D eigenvalue weighted by molar-refractivity contribution is -0.157. The van der Waals surface area contributed by atoms with Gasteiger partial charge in [-0.15, -0.1) is 0 Å². The molecule has 5 heteroatoms. The van der Waals surface area contributed by atoms with Gasteiger partial charge >= 0.3 is 5.97 Å². The summed E-state index contributed by atoms with van der Waals surface area (Å²) in [5, 5.41) is 9.16. The molecule has 4 nitrogen and oxygen atoms in total. The normalized spacial score (nSPS) is 19.9. The van der Waals surface area contributed by atoms with Crippen molar-refractivity contribution in [3.63, 3.8) is 0 Å². The van der Waals surface area contributed by atoms with E-state index in [2.05, 4.69) is 6.92 Å². The zero-order chi connectivity index (χ0) is 16.8. The molecule has 1 aliphatic rings. The Hall–Kier alpha value is -1.91. The summed E-state index contributed by atoms with van der Waals surface area (Å²) in [5.41, 5.74) is 0.863. The van der Waals surface area contributed by atoms with Gasteiger partial charge in [0.1, 0.15) is 5.82 Å². The third-order valence-corrected chi connectivity index (χ3v) is 4.54. The largest absolute Gasteiger partial charge is 0.481 e. The number of carbonyl (C=O) groups excluding carboxylic acids is 1. The monoisotopic (exact) mass is 321 g/mol. The summed E-state index contributed by atoms with van der Waals surface area (Å²) in [6.45, 7) is 3.12. The maximum Gasteiger partial charge on any atom is 0.307 e. The summed E-state index contributed by atoms with van der Waals surface area (Å²) in [4.78, 5) is 25.6. The molecule has 0 aromatic heterocycles. The minimum atomic E-state index is -0.884. The summed E-state index contributed by atoms with van der Waals surface area (Å²) in [6, 6.07) is 6.11. The van der Waals surface area contributed by atoms with Gasteiger partial charge in [-0.25, -0.2) is 4.39 Å². The topological polar surface area (TPSA) is 57.6 Å². The van der Waals surface area contributed by atoms with Crippen molar-refractivity contribution >= 4 is 11.9 Å². The molecule has 0 radical (unpaired) electrons. The summed E-state index contributed by atoms with van der Waals surface area (Å²) in [6.07, 6.45) is 4.20. The van der Waals surface area contributed by atoms with Crippen molar-refractivity contribution < 1.29 is 19.1 Å². The van der Waals surface area contributed by atoms with Crippen molar-refractivity contribution in [1.82, 2.24) is 4.90 Å². The Morgan fingerprint density at radius 3 is 2.35 bits per heavy atom. The maximum atomic E-state index is 13.0. The zero-order valence-electron chi connectivity index (χ0n) is 13.5. The molecule has 2 atom stereocenters. The lowest BCUT2D eigenvalue weighted by atomic mass is 9.73. The van der Waals surface area contributed by atoms with Crippen LogP contribution in [0.5, 0.6) is 0 Å². The number of halogens is 1. The predicted molar refractivity (Wildman–Crippen MR) is 85.2 cm³/mol. The van der Waals surface area contributed by atoms with Crippen LogP contribution in [-0.4, -0.2) is 28.4 Å². The fourth-order valence-electron chi connectivity index (χ4n) is 2.96. The fourth-order valence-corrected chi connectivity index (χ4v) is 2.96. The van der Waals surface area contributed by atoms with Crippen LogP contribution >= 0.6 is 0 Å². The second-order valence-electron chi connectivity index (χ2n) is 6.22. The minimum Gasteiger partial charge on any atom is -0.481 e. The van der Waals surface area contributed by atoms with E-state index >= 15 is 0 Å². The molecule has 1 N–H and O–H groups in total. The van der Waals surface area contributed by atoms with Crippen molar-refractivity contribution in [2.75, 3.05) is 6.54 Å². The first-order chi connectivity index (χ1) is 11.0. The second kappa shape index (κ2) is 8.09. The van der Waals surface area contributed by atoms with E-state index in [1.165, 1.54) is 12.1 Å². The number of hydrogen-bond donors (Lipinski definition) is 1. The van der Waals surface area contributed by atoms with Gasteiger partial charge in [0, 0.05) is 13.1 Å². The Bertz CT molecular complexity index is 544. The lowest BCUT2D eigenvalue weighted by Crippen LogP contribution is -2.46. The second-order valence-corrected chi connectivity index (χ2v) is 6.22. The molecule has 1 aromatic carbocycles. The molecule has 1 aliphatic carbocycles. The van der Waals surface area contributed by atoms with Crippen LogP contribution in [0.1, 0.15) is 44.6 Å². The molecule has 1 aromatic rings. The Morgan fingerprint density at radius 1 is 1.17 bits per heavy atom. The van der Waals surface area contributed by atoms with E-state index in [1.807, 2.05) is 0 Å². The third-order valence-electron chi connectivity index (χ3n) is 4.54. The SMILES string of the molecule is CCCCCN(Cc1ccc(F)cc1)C(=O)C1CCC1C(=O)O. The minimum absolute atomic E-state index is 0.0796. The van der Waals surface area contributed by atoms with Crippen LogP contribution in [0.3, 0.4) is 0 Å². The van der Waals surface area contributed by atoms with Crippen LogP contribution in [0.4, 0.5) is 4.39 Å². The number of hydrogen-bond acceptors (Lipinski definition) is 2. The average molecular weight is 321 g/mol. The summed E-state index contributed by atoms with van der Waals surface area (Å²) in [7, 11) is 0.